The first kappa shape index (κ1) is 20.5. The molecule has 152 valence electrons. The molecule has 0 radical (unpaired) electrons. The van der Waals surface area contributed by atoms with E-state index in [1.165, 1.54) is 11.0 Å². The molecule has 4 N–H and O–H groups in total. The van der Waals surface area contributed by atoms with Crippen LogP contribution >= 0.6 is 11.6 Å². The van der Waals surface area contributed by atoms with Crippen LogP contribution in [-0.2, 0) is 14.4 Å². The highest BCUT2D eigenvalue weighted by atomic mass is 35.5. The second-order valence-electron chi connectivity index (χ2n) is 7.12. The molecule has 2 heterocycles. The van der Waals surface area contributed by atoms with Crippen LogP contribution in [0.2, 0.25) is 5.02 Å². The third-order valence-corrected chi connectivity index (χ3v) is 5.70. The Labute approximate surface area is 165 Å². The lowest BCUT2D eigenvalue weighted by molar-refractivity contribution is -0.154. The fourth-order valence-corrected chi connectivity index (χ4v) is 3.78. The van der Waals surface area contributed by atoms with Gasteiger partial charge in [-0.2, -0.15) is 0 Å². The predicted molar refractivity (Wildman–Crippen MR) is 97.9 cm³/mol. The molecule has 3 amide bonds. The fourth-order valence-electron chi connectivity index (χ4n) is 3.60. The van der Waals surface area contributed by atoms with Gasteiger partial charge < -0.3 is 25.7 Å². The molecule has 28 heavy (non-hydrogen) atoms. The molecule has 8 nitrogen and oxygen atoms in total. The molecule has 0 saturated carbocycles. The molecular weight excluding hydrogens is 393 g/mol. The van der Waals surface area contributed by atoms with Crippen LogP contribution < -0.4 is 10.6 Å². The second kappa shape index (κ2) is 8.02. The molecule has 1 spiro atoms. The molecule has 0 unspecified atom stereocenters. The third-order valence-electron chi connectivity index (χ3n) is 5.41. The first-order chi connectivity index (χ1) is 13.2. The Morgan fingerprint density at radius 1 is 1.21 bits per heavy atom. The van der Waals surface area contributed by atoms with Gasteiger partial charge in [-0.3, -0.25) is 14.4 Å². The third kappa shape index (κ3) is 3.96. The quantitative estimate of drug-likeness (QED) is 0.565. The molecule has 2 aliphatic rings. The van der Waals surface area contributed by atoms with Gasteiger partial charge in [-0.15, -0.1) is 0 Å². The zero-order valence-corrected chi connectivity index (χ0v) is 15.7. The molecule has 2 atom stereocenters. The van der Waals surface area contributed by atoms with E-state index in [0.29, 0.717) is 25.8 Å². The number of aliphatic hydroxyl groups is 2. The maximum absolute atomic E-state index is 13.2. The maximum Gasteiger partial charge on any atom is 0.256 e. The number of likely N-dealkylation sites (tertiary alicyclic amines) is 1. The summed E-state index contributed by atoms with van der Waals surface area (Å²) >= 11 is 5.63. The van der Waals surface area contributed by atoms with Crippen molar-refractivity contribution in [3.63, 3.8) is 0 Å². The van der Waals surface area contributed by atoms with Crippen LogP contribution in [0.15, 0.2) is 18.2 Å². The number of hydrogen-bond donors (Lipinski definition) is 4. The number of benzene rings is 1. The van der Waals surface area contributed by atoms with E-state index in [0.717, 1.165) is 12.1 Å². The van der Waals surface area contributed by atoms with Crippen molar-refractivity contribution in [3.05, 3.63) is 29.0 Å². The molecule has 2 saturated heterocycles. The Hall–Kier alpha value is -2.23. The van der Waals surface area contributed by atoms with Crippen molar-refractivity contribution in [3.8, 4) is 0 Å². The SMILES string of the molecule is O=C(Nc1ccc(F)c(Cl)c1)[C@H](O)[C@@H](O)C(=O)N1CCC2(CCNC2=O)CC1. The summed E-state index contributed by atoms with van der Waals surface area (Å²) in [6, 6.07) is 3.41. The number of carbonyl (C=O) groups is 3. The van der Waals surface area contributed by atoms with Gasteiger partial charge in [0.1, 0.15) is 5.82 Å². The zero-order chi connectivity index (χ0) is 20.5. The minimum Gasteiger partial charge on any atom is -0.380 e. The summed E-state index contributed by atoms with van der Waals surface area (Å²) in [6.07, 6.45) is -2.33. The number of carbonyl (C=O) groups excluding carboxylic acids is 3. The molecular formula is C18H21ClFN3O5. The van der Waals surface area contributed by atoms with Gasteiger partial charge in [0.25, 0.3) is 11.8 Å². The molecule has 0 aromatic heterocycles. The van der Waals surface area contributed by atoms with Crippen molar-refractivity contribution in [1.29, 1.82) is 0 Å². The number of halogens is 2. The van der Waals surface area contributed by atoms with E-state index in [-0.39, 0.29) is 29.7 Å². The highest BCUT2D eigenvalue weighted by Gasteiger charge is 2.46. The van der Waals surface area contributed by atoms with Gasteiger partial charge >= 0.3 is 0 Å². The predicted octanol–water partition coefficient (Wildman–Crippen LogP) is 0.268. The maximum atomic E-state index is 13.2. The van der Waals surface area contributed by atoms with Crippen LogP contribution in [0, 0.1) is 11.2 Å². The van der Waals surface area contributed by atoms with E-state index in [4.69, 9.17) is 11.6 Å². The van der Waals surface area contributed by atoms with Crippen LogP contribution in [0.25, 0.3) is 0 Å². The molecule has 2 fully saturated rings. The molecule has 3 rings (SSSR count). The molecule has 10 heteroatoms. The average Bonchev–Trinajstić information content (AvgIpc) is 3.03. The Kier molecular flexibility index (Phi) is 5.87. The van der Waals surface area contributed by atoms with Gasteiger partial charge in [-0.25, -0.2) is 4.39 Å². The second-order valence-corrected chi connectivity index (χ2v) is 7.53. The molecule has 1 aromatic rings. The van der Waals surface area contributed by atoms with Crippen molar-refractivity contribution in [2.45, 2.75) is 31.5 Å². The molecule has 0 aliphatic carbocycles. The zero-order valence-electron chi connectivity index (χ0n) is 15.0. The van der Waals surface area contributed by atoms with E-state index >= 15 is 0 Å². The number of nitrogens with one attached hydrogen (secondary N) is 2. The lowest BCUT2D eigenvalue weighted by atomic mass is 9.77. The Bertz CT molecular complexity index is 797. The van der Waals surface area contributed by atoms with Crippen molar-refractivity contribution >= 4 is 35.0 Å². The van der Waals surface area contributed by atoms with Crippen molar-refractivity contribution in [2.75, 3.05) is 25.0 Å². The average molecular weight is 414 g/mol. The number of nitrogens with zero attached hydrogens (tertiary/aromatic N) is 1. The molecule has 2 aliphatic heterocycles. The highest BCUT2D eigenvalue weighted by molar-refractivity contribution is 6.31. The lowest BCUT2D eigenvalue weighted by Gasteiger charge is -2.38. The van der Waals surface area contributed by atoms with Crippen LogP contribution in [-0.4, -0.2) is 64.7 Å². The summed E-state index contributed by atoms with van der Waals surface area (Å²) in [6.45, 7) is 1.12. The normalized spacial score (nSPS) is 20.6. The summed E-state index contributed by atoms with van der Waals surface area (Å²) in [5.41, 5.74) is -0.359. The van der Waals surface area contributed by atoms with Crippen molar-refractivity contribution in [1.82, 2.24) is 10.2 Å². The van der Waals surface area contributed by atoms with E-state index in [1.807, 2.05) is 0 Å². The van der Waals surface area contributed by atoms with Crippen LogP contribution in [0.5, 0.6) is 0 Å². The van der Waals surface area contributed by atoms with Gasteiger partial charge in [0.15, 0.2) is 12.2 Å². The van der Waals surface area contributed by atoms with E-state index in [9.17, 15) is 29.0 Å². The molecule has 1 aromatic carbocycles. The summed E-state index contributed by atoms with van der Waals surface area (Å²) in [7, 11) is 0. The van der Waals surface area contributed by atoms with Gasteiger partial charge in [0.2, 0.25) is 5.91 Å². The fraction of sp³-hybridized carbons (Fsp3) is 0.500. The largest absolute Gasteiger partial charge is 0.380 e. The van der Waals surface area contributed by atoms with Gasteiger partial charge in [0.05, 0.1) is 10.4 Å². The number of amides is 3. The topological polar surface area (TPSA) is 119 Å². The first-order valence-corrected chi connectivity index (χ1v) is 9.30. The highest BCUT2D eigenvalue weighted by Crippen LogP contribution is 2.38. The number of hydrogen-bond acceptors (Lipinski definition) is 5. The van der Waals surface area contributed by atoms with Gasteiger partial charge in [-0.1, -0.05) is 11.6 Å². The standard InChI is InChI=1S/C18H21ClFN3O5/c19-11-9-10(1-2-12(11)20)22-15(26)13(24)14(25)16(27)23-7-4-18(5-8-23)3-6-21-17(18)28/h1-2,9,13-14,24-25H,3-8H2,(H,21,28)(H,22,26)/t13-,14-/m1/s1. The summed E-state index contributed by atoms with van der Waals surface area (Å²) < 4.78 is 13.2. The Morgan fingerprint density at radius 3 is 2.46 bits per heavy atom. The summed E-state index contributed by atoms with van der Waals surface area (Å²) in [5, 5.41) is 25.0. The monoisotopic (exact) mass is 413 g/mol. The first-order valence-electron chi connectivity index (χ1n) is 8.93. The number of piperidine rings is 1. The molecule has 0 bridgehead atoms. The van der Waals surface area contributed by atoms with Crippen LogP contribution in [0.3, 0.4) is 0 Å². The van der Waals surface area contributed by atoms with E-state index in [2.05, 4.69) is 10.6 Å². The summed E-state index contributed by atoms with van der Waals surface area (Å²) in [4.78, 5) is 37.9. The number of aliphatic hydroxyl groups excluding tert-OH is 2. The van der Waals surface area contributed by atoms with Crippen molar-refractivity contribution < 1.29 is 29.0 Å². The Morgan fingerprint density at radius 2 is 1.89 bits per heavy atom. The Balaban J connectivity index is 1.57. The van der Waals surface area contributed by atoms with Crippen LogP contribution in [0.4, 0.5) is 10.1 Å². The van der Waals surface area contributed by atoms with Gasteiger partial charge in [0, 0.05) is 25.3 Å². The lowest BCUT2D eigenvalue weighted by Crippen LogP contribution is -2.53. The number of anilines is 1. The van der Waals surface area contributed by atoms with Crippen LogP contribution in [0.1, 0.15) is 19.3 Å². The van der Waals surface area contributed by atoms with E-state index in [1.54, 1.807) is 0 Å². The smallest absolute Gasteiger partial charge is 0.256 e. The minimum absolute atomic E-state index is 0.0162. The van der Waals surface area contributed by atoms with Gasteiger partial charge in [-0.05, 0) is 37.5 Å². The summed E-state index contributed by atoms with van der Waals surface area (Å²) in [5.74, 6) is -2.49. The minimum atomic E-state index is -2.01. The van der Waals surface area contributed by atoms with Crippen molar-refractivity contribution in [2.24, 2.45) is 5.41 Å². The van der Waals surface area contributed by atoms with E-state index < -0.39 is 35.3 Å². The number of rotatable bonds is 4.